The SMILES string of the molecule is CCCCCCCCCC(CCCCCCCCOC(=O)c1ccccc1N=Nc1c(C)[nH]n(-c2ccc(C)cc2)c1=O)C(CCCCCCCCC)CCCCCCCCOC(=O)c1ccccc1N=Nc1c(C)[nH]n(-c2ccc(C(=O)O)cc2)c1=O. The molecule has 0 fully saturated rings. The molecule has 3 N–H and O–H groups in total. The van der Waals surface area contributed by atoms with Gasteiger partial charge in [-0.15, -0.1) is 20.5 Å². The summed E-state index contributed by atoms with van der Waals surface area (Å²) in [5.41, 5.74) is 4.14. The van der Waals surface area contributed by atoms with Crippen LogP contribution in [0.25, 0.3) is 11.4 Å². The van der Waals surface area contributed by atoms with Crippen molar-refractivity contribution in [1.82, 2.24) is 19.6 Å². The van der Waals surface area contributed by atoms with Crippen LogP contribution in [0.1, 0.15) is 254 Å². The Morgan fingerprint density at radius 2 is 0.761 bits per heavy atom. The van der Waals surface area contributed by atoms with Crippen molar-refractivity contribution in [3.63, 3.8) is 0 Å². The molecule has 0 bridgehead atoms. The zero-order chi connectivity index (χ0) is 62.7. The molecule has 6 aromatic rings. The molecule has 2 atom stereocenters. The number of nitrogens with zero attached hydrogens (tertiary/aromatic N) is 6. The summed E-state index contributed by atoms with van der Waals surface area (Å²) in [6, 6.07) is 27.3. The molecule has 16 heteroatoms. The number of esters is 2. The van der Waals surface area contributed by atoms with Gasteiger partial charge in [0.1, 0.15) is 11.4 Å². The summed E-state index contributed by atoms with van der Waals surface area (Å²) in [5.74, 6) is -0.440. The van der Waals surface area contributed by atoms with E-state index >= 15 is 0 Å². The minimum Gasteiger partial charge on any atom is -0.478 e. The number of carbonyl (C=O) groups is 3. The predicted octanol–water partition coefficient (Wildman–Crippen LogP) is 20.1. The summed E-state index contributed by atoms with van der Waals surface area (Å²) < 4.78 is 14.2. The largest absolute Gasteiger partial charge is 0.478 e. The van der Waals surface area contributed by atoms with Crippen LogP contribution >= 0.6 is 0 Å². The van der Waals surface area contributed by atoms with E-state index in [9.17, 15) is 29.1 Å². The van der Waals surface area contributed by atoms with Crippen LogP contribution in [0.2, 0.25) is 0 Å². The van der Waals surface area contributed by atoms with E-state index in [1.54, 1.807) is 62.4 Å². The summed E-state index contributed by atoms with van der Waals surface area (Å²) in [5, 5.41) is 32.5. The lowest BCUT2D eigenvalue weighted by Gasteiger charge is -2.28. The highest BCUT2D eigenvalue weighted by molar-refractivity contribution is 5.95. The first-order valence-electron chi connectivity index (χ1n) is 33.3. The molecule has 476 valence electrons. The first kappa shape index (κ1) is 69.6. The van der Waals surface area contributed by atoms with Crippen LogP contribution in [0, 0.1) is 32.6 Å². The summed E-state index contributed by atoms with van der Waals surface area (Å²) in [4.78, 5) is 64.4. The maximum Gasteiger partial charge on any atom is 0.340 e. The molecule has 88 heavy (non-hydrogen) atoms. The van der Waals surface area contributed by atoms with Crippen LogP contribution in [0.15, 0.2) is 127 Å². The van der Waals surface area contributed by atoms with Gasteiger partial charge >= 0.3 is 17.9 Å². The second kappa shape index (κ2) is 39.4. The minimum absolute atomic E-state index is 0.0776. The molecule has 0 spiro atoms. The van der Waals surface area contributed by atoms with Gasteiger partial charge in [-0.2, -0.15) is 0 Å². The summed E-state index contributed by atoms with van der Waals surface area (Å²) >= 11 is 0. The molecule has 2 unspecified atom stereocenters. The van der Waals surface area contributed by atoms with Crippen molar-refractivity contribution >= 4 is 40.7 Å². The number of nitrogens with one attached hydrogen (secondary N) is 2. The lowest BCUT2D eigenvalue weighted by atomic mass is 9.78. The number of unbranched alkanes of at least 4 members (excludes halogenated alkanes) is 22. The molecule has 2 aromatic heterocycles. The van der Waals surface area contributed by atoms with E-state index in [0.29, 0.717) is 52.9 Å². The van der Waals surface area contributed by atoms with E-state index < -0.39 is 23.5 Å². The van der Waals surface area contributed by atoms with Crippen molar-refractivity contribution in [2.45, 2.75) is 227 Å². The first-order chi connectivity index (χ1) is 42.9. The van der Waals surface area contributed by atoms with Crippen molar-refractivity contribution < 1.29 is 29.0 Å². The first-order valence-corrected chi connectivity index (χ1v) is 33.3. The lowest BCUT2D eigenvalue weighted by Crippen LogP contribution is -2.16. The van der Waals surface area contributed by atoms with Gasteiger partial charge in [0.05, 0.1) is 52.7 Å². The number of benzene rings is 4. The highest BCUT2D eigenvalue weighted by Gasteiger charge is 2.22. The Bertz CT molecular complexity index is 3210. The van der Waals surface area contributed by atoms with Crippen LogP contribution in [-0.2, 0) is 9.47 Å². The smallest absolute Gasteiger partial charge is 0.340 e. The summed E-state index contributed by atoms with van der Waals surface area (Å²) in [7, 11) is 0. The van der Waals surface area contributed by atoms with Gasteiger partial charge in [-0.1, -0.05) is 236 Å². The molecule has 2 heterocycles. The number of rotatable bonds is 44. The number of aromatic amines is 2. The lowest BCUT2D eigenvalue weighted by molar-refractivity contribution is 0.0489. The minimum atomic E-state index is -1.06. The Hall–Kier alpha value is -7.49. The van der Waals surface area contributed by atoms with E-state index in [1.165, 1.54) is 188 Å². The average molecular weight is 1210 g/mol. The van der Waals surface area contributed by atoms with E-state index in [-0.39, 0.29) is 28.1 Å². The number of aromatic carboxylic acids is 1. The Labute approximate surface area is 522 Å². The number of hydrogen-bond donors (Lipinski definition) is 3. The third kappa shape index (κ3) is 23.2. The zero-order valence-electron chi connectivity index (χ0n) is 53.5. The number of ether oxygens (including phenoxy) is 2. The number of aryl methyl sites for hydroxylation is 3. The van der Waals surface area contributed by atoms with Crippen molar-refractivity contribution in [3.05, 3.63) is 151 Å². The average Bonchev–Trinajstić information content (AvgIpc) is 2.87. The van der Waals surface area contributed by atoms with Crippen molar-refractivity contribution in [2.75, 3.05) is 13.2 Å². The molecule has 4 aromatic carbocycles. The molecule has 0 aliphatic rings. The van der Waals surface area contributed by atoms with Crippen LogP contribution in [0.3, 0.4) is 0 Å². The number of carboxylic acid groups (broad SMARTS) is 1. The third-order valence-electron chi connectivity index (χ3n) is 16.9. The molecular formula is C72H100N8O8. The topological polar surface area (TPSA) is 215 Å². The van der Waals surface area contributed by atoms with Crippen LogP contribution in [-0.4, -0.2) is 55.8 Å². The second-order valence-electron chi connectivity index (χ2n) is 24.0. The standard InChI is InChI=1S/C72H100N8O8/c1-6-8-10-12-14-20-26-36-57(38-28-22-16-18-24-34-52-87-71(85)62-40-30-32-42-64(62)73-75-66-55(4)77-79(68(66)81)60-48-44-54(3)45-49-60)58(37-27-21-15-13-11-9-7-2)39-29-23-17-19-25-35-53-88-72(86)63-41-31-33-43-65(63)74-76-67-56(5)78-80(69(67)82)61-50-46-59(47-51-61)70(83)84/h30-33,40-51,57-58,77-78H,6-29,34-39,52-53H2,1-5H3,(H,83,84). The maximum atomic E-state index is 13.3. The fourth-order valence-electron chi connectivity index (χ4n) is 11.7. The monoisotopic (exact) mass is 1200 g/mol. The molecule has 0 saturated heterocycles. The molecule has 0 aliphatic heterocycles. The number of carbonyl (C=O) groups excluding carboxylic acids is 2. The number of azo groups is 2. The maximum absolute atomic E-state index is 13.3. The van der Waals surface area contributed by atoms with Gasteiger partial charge in [-0.25, -0.2) is 23.7 Å². The van der Waals surface area contributed by atoms with Crippen LogP contribution < -0.4 is 11.1 Å². The van der Waals surface area contributed by atoms with Gasteiger partial charge in [0, 0.05) is 0 Å². The Morgan fingerprint density at radius 3 is 1.12 bits per heavy atom. The summed E-state index contributed by atoms with van der Waals surface area (Å²) in [6.45, 7) is 10.7. The normalized spacial score (nSPS) is 12.3. The summed E-state index contributed by atoms with van der Waals surface area (Å²) in [6.07, 6.45) is 37.1. The fourth-order valence-corrected chi connectivity index (χ4v) is 11.7. The number of carboxylic acids is 1. The van der Waals surface area contributed by atoms with Gasteiger partial charge in [-0.05, 0) is 106 Å². The number of H-pyrrole nitrogens is 2. The van der Waals surface area contributed by atoms with Crippen LogP contribution in [0.4, 0.5) is 22.7 Å². The molecule has 0 radical (unpaired) electrons. The van der Waals surface area contributed by atoms with E-state index in [0.717, 1.165) is 55.9 Å². The Morgan fingerprint density at radius 1 is 0.432 bits per heavy atom. The van der Waals surface area contributed by atoms with Gasteiger partial charge < -0.3 is 14.6 Å². The van der Waals surface area contributed by atoms with Gasteiger partial charge in [0.15, 0.2) is 11.4 Å². The molecule has 0 aliphatic carbocycles. The molecular weight excluding hydrogens is 1100 g/mol. The van der Waals surface area contributed by atoms with Crippen molar-refractivity contribution in [2.24, 2.45) is 32.3 Å². The molecule has 16 nitrogen and oxygen atoms in total. The number of hydrogen-bond acceptors (Lipinski definition) is 11. The fraction of sp³-hybridized carbons (Fsp3) is 0.542. The number of aromatic nitrogens is 4. The van der Waals surface area contributed by atoms with E-state index in [2.05, 4.69) is 44.5 Å². The van der Waals surface area contributed by atoms with Crippen LogP contribution in [0.5, 0.6) is 0 Å². The van der Waals surface area contributed by atoms with Crippen molar-refractivity contribution in [3.8, 4) is 11.4 Å². The van der Waals surface area contributed by atoms with Gasteiger partial charge in [-0.3, -0.25) is 19.8 Å². The van der Waals surface area contributed by atoms with E-state index in [1.807, 2.05) is 31.2 Å². The van der Waals surface area contributed by atoms with Gasteiger partial charge in [0.2, 0.25) is 0 Å². The Kier molecular flexibility index (Phi) is 31.2. The molecule has 0 saturated carbocycles. The third-order valence-corrected chi connectivity index (χ3v) is 16.9. The zero-order valence-corrected chi connectivity index (χ0v) is 53.5. The van der Waals surface area contributed by atoms with Gasteiger partial charge in [0.25, 0.3) is 11.1 Å². The predicted molar refractivity (Wildman–Crippen MR) is 353 cm³/mol. The second-order valence-corrected chi connectivity index (χ2v) is 24.0. The quantitative estimate of drug-likeness (QED) is 0.0190. The Balaban J connectivity index is 0.925. The van der Waals surface area contributed by atoms with E-state index in [4.69, 9.17) is 9.47 Å². The molecule has 0 amide bonds. The molecule has 6 rings (SSSR count). The highest BCUT2D eigenvalue weighted by Crippen LogP contribution is 2.34. The highest BCUT2D eigenvalue weighted by atomic mass is 16.5. The van der Waals surface area contributed by atoms with Crippen molar-refractivity contribution in [1.29, 1.82) is 0 Å².